The summed E-state index contributed by atoms with van der Waals surface area (Å²) < 4.78 is 5.24. The number of benzene rings is 1. The molecule has 1 saturated heterocycles. The smallest absolute Gasteiger partial charge is 0.255 e. The number of rotatable bonds is 6. The fraction of sp³-hybridized carbons (Fsp3) is 0.500. The molecule has 2 amide bonds. The summed E-state index contributed by atoms with van der Waals surface area (Å²) in [5.41, 5.74) is 6.78. The van der Waals surface area contributed by atoms with Gasteiger partial charge in [0, 0.05) is 18.8 Å². The molecule has 0 saturated carbocycles. The molecule has 0 spiro atoms. The van der Waals surface area contributed by atoms with E-state index in [4.69, 9.17) is 22.1 Å². The largest absolute Gasteiger partial charge is 0.378 e. The van der Waals surface area contributed by atoms with E-state index >= 15 is 0 Å². The van der Waals surface area contributed by atoms with Crippen molar-refractivity contribution in [2.75, 3.05) is 43.6 Å². The highest BCUT2D eigenvalue weighted by atomic mass is 35.5. The van der Waals surface area contributed by atoms with Gasteiger partial charge in [-0.2, -0.15) is 11.8 Å². The molecule has 1 fully saturated rings. The van der Waals surface area contributed by atoms with Gasteiger partial charge in [-0.25, -0.2) is 0 Å². The van der Waals surface area contributed by atoms with Crippen molar-refractivity contribution in [2.24, 2.45) is 5.73 Å². The summed E-state index contributed by atoms with van der Waals surface area (Å²) in [6.45, 7) is 2.17. The van der Waals surface area contributed by atoms with Crippen molar-refractivity contribution in [1.82, 2.24) is 4.90 Å². The molecular formula is C16H23Cl2N3O3S. The predicted octanol–water partition coefficient (Wildman–Crippen LogP) is 2.25. The minimum atomic E-state index is -0.564. The topological polar surface area (TPSA) is 84.7 Å². The van der Waals surface area contributed by atoms with Crippen LogP contribution in [0.2, 0.25) is 5.02 Å². The number of halogens is 2. The van der Waals surface area contributed by atoms with Crippen LogP contribution in [0.3, 0.4) is 0 Å². The van der Waals surface area contributed by atoms with Gasteiger partial charge in [0.05, 0.1) is 29.8 Å². The van der Waals surface area contributed by atoms with Crippen LogP contribution in [-0.2, 0) is 9.53 Å². The van der Waals surface area contributed by atoms with Gasteiger partial charge in [-0.1, -0.05) is 11.6 Å². The zero-order valence-electron chi connectivity index (χ0n) is 14.0. The number of anilines is 1. The van der Waals surface area contributed by atoms with Crippen LogP contribution in [0.1, 0.15) is 16.8 Å². The van der Waals surface area contributed by atoms with Crippen LogP contribution in [0.25, 0.3) is 0 Å². The Morgan fingerprint density at radius 1 is 1.40 bits per heavy atom. The Morgan fingerprint density at radius 2 is 2.08 bits per heavy atom. The standard InChI is InChI=1S/C16H22ClN3O3S.ClH/c1-24-9-4-14(18)15(21)19-11-2-3-12(13(17)10-11)16(22)20-5-7-23-8-6-20;/h2-3,10,14H,4-9,18H2,1H3,(H,19,21);1H/t14-;/m0./s1. The summed E-state index contributed by atoms with van der Waals surface area (Å²) in [7, 11) is 0. The van der Waals surface area contributed by atoms with Gasteiger partial charge in [0.25, 0.3) is 5.91 Å². The number of morpholine rings is 1. The second kappa shape index (κ2) is 10.9. The van der Waals surface area contributed by atoms with Crippen LogP contribution in [0.15, 0.2) is 18.2 Å². The van der Waals surface area contributed by atoms with Gasteiger partial charge in [-0.15, -0.1) is 12.4 Å². The van der Waals surface area contributed by atoms with Crippen LogP contribution in [0.5, 0.6) is 0 Å². The summed E-state index contributed by atoms with van der Waals surface area (Å²) >= 11 is 7.87. The molecule has 1 aromatic rings. The molecule has 1 heterocycles. The summed E-state index contributed by atoms with van der Waals surface area (Å²) in [6.07, 6.45) is 2.57. The Bertz CT molecular complexity index is 598. The van der Waals surface area contributed by atoms with Crippen molar-refractivity contribution in [3.63, 3.8) is 0 Å². The second-order valence-corrected chi connectivity index (χ2v) is 6.87. The molecule has 25 heavy (non-hydrogen) atoms. The van der Waals surface area contributed by atoms with Crippen molar-refractivity contribution in [2.45, 2.75) is 12.5 Å². The van der Waals surface area contributed by atoms with E-state index in [2.05, 4.69) is 5.32 Å². The normalized spacial score (nSPS) is 15.2. The lowest BCUT2D eigenvalue weighted by molar-refractivity contribution is -0.117. The lowest BCUT2D eigenvalue weighted by atomic mass is 10.1. The second-order valence-electron chi connectivity index (χ2n) is 5.48. The number of hydrogen-bond donors (Lipinski definition) is 2. The monoisotopic (exact) mass is 407 g/mol. The average molecular weight is 408 g/mol. The SMILES string of the molecule is CSCC[C@H](N)C(=O)Nc1ccc(C(=O)N2CCOCC2)c(Cl)c1.Cl. The molecule has 3 N–H and O–H groups in total. The molecule has 140 valence electrons. The first-order valence-electron chi connectivity index (χ1n) is 7.75. The van der Waals surface area contributed by atoms with Crippen LogP contribution in [0, 0.1) is 0 Å². The molecule has 1 aliphatic heterocycles. The molecule has 6 nitrogen and oxygen atoms in total. The first-order valence-corrected chi connectivity index (χ1v) is 9.52. The van der Waals surface area contributed by atoms with Gasteiger partial charge in [0.2, 0.25) is 5.91 Å². The van der Waals surface area contributed by atoms with E-state index in [1.54, 1.807) is 34.9 Å². The third-order valence-electron chi connectivity index (χ3n) is 3.74. The van der Waals surface area contributed by atoms with Gasteiger partial charge < -0.3 is 20.7 Å². The molecule has 2 rings (SSSR count). The molecule has 1 atom stereocenters. The molecule has 0 unspecified atom stereocenters. The Labute approximate surface area is 163 Å². The summed E-state index contributed by atoms with van der Waals surface area (Å²) in [5, 5.41) is 3.04. The van der Waals surface area contributed by atoms with Gasteiger partial charge >= 0.3 is 0 Å². The fourth-order valence-electron chi connectivity index (χ4n) is 2.31. The highest BCUT2D eigenvalue weighted by molar-refractivity contribution is 7.98. The number of thioether (sulfide) groups is 1. The molecule has 1 aromatic carbocycles. The minimum Gasteiger partial charge on any atom is -0.378 e. The molecule has 0 radical (unpaired) electrons. The molecular weight excluding hydrogens is 385 g/mol. The zero-order valence-corrected chi connectivity index (χ0v) is 16.4. The van der Waals surface area contributed by atoms with Crippen molar-refractivity contribution in [1.29, 1.82) is 0 Å². The Hall–Kier alpha value is -0.990. The summed E-state index contributed by atoms with van der Waals surface area (Å²) in [5.74, 6) is 0.438. The molecule has 0 aliphatic carbocycles. The third-order valence-corrected chi connectivity index (χ3v) is 4.69. The number of amides is 2. The Kier molecular flexibility index (Phi) is 9.60. The van der Waals surface area contributed by atoms with Crippen molar-refractivity contribution < 1.29 is 14.3 Å². The number of nitrogens with zero attached hydrogens (tertiary/aromatic N) is 1. The van der Waals surface area contributed by atoms with Crippen molar-refractivity contribution in [3.05, 3.63) is 28.8 Å². The molecule has 0 aromatic heterocycles. The third kappa shape index (κ3) is 6.34. The van der Waals surface area contributed by atoms with Crippen LogP contribution in [-0.4, -0.2) is 61.1 Å². The van der Waals surface area contributed by atoms with Crippen LogP contribution >= 0.6 is 35.8 Å². The van der Waals surface area contributed by atoms with Crippen LogP contribution in [0.4, 0.5) is 5.69 Å². The van der Waals surface area contributed by atoms with Crippen LogP contribution < -0.4 is 11.1 Å². The van der Waals surface area contributed by atoms with Gasteiger partial charge in [-0.3, -0.25) is 9.59 Å². The fourth-order valence-corrected chi connectivity index (χ4v) is 3.06. The average Bonchev–Trinajstić information content (AvgIpc) is 2.60. The minimum absolute atomic E-state index is 0. The highest BCUT2D eigenvalue weighted by Crippen LogP contribution is 2.23. The maximum absolute atomic E-state index is 12.5. The van der Waals surface area contributed by atoms with E-state index in [0.29, 0.717) is 49.0 Å². The number of nitrogens with one attached hydrogen (secondary N) is 1. The zero-order chi connectivity index (χ0) is 17.5. The van der Waals surface area contributed by atoms with Gasteiger partial charge in [0.1, 0.15) is 0 Å². The van der Waals surface area contributed by atoms with Gasteiger partial charge in [-0.05, 0) is 36.6 Å². The van der Waals surface area contributed by atoms with E-state index in [1.807, 2.05) is 6.26 Å². The Balaban J connectivity index is 0.00000312. The number of carbonyl (C=O) groups is 2. The predicted molar refractivity (Wildman–Crippen MR) is 105 cm³/mol. The highest BCUT2D eigenvalue weighted by Gasteiger charge is 2.21. The molecule has 0 bridgehead atoms. The lowest BCUT2D eigenvalue weighted by Gasteiger charge is -2.27. The maximum atomic E-state index is 12.5. The quantitative estimate of drug-likeness (QED) is 0.754. The van der Waals surface area contributed by atoms with E-state index in [1.165, 1.54) is 0 Å². The molecule has 1 aliphatic rings. The van der Waals surface area contributed by atoms with Crippen molar-refractivity contribution in [3.8, 4) is 0 Å². The first-order chi connectivity index (χ1) is 11.5. The Morgan fingerprint density at radius 3 is 2.68 bits per heavy atom. The first kappa shape index (κ1) is 22.1. The number of nitrogens with two attached hydrogens (primary N) is 1. The van der Waals surface area contributed by atoms with E-state index in [0.717, 1.165) is 5.75 Å². The maximum Gasteiger partial charge on any atom is 0.255 e. The van der Waals surface area contributed by atoms with Gasteiger partial charge in [0.15, 0.2) is 0 Å². The van der Waals surface area contributed by atoms with Crippen molar-refractivity contribution >= 4 is 53.3 Å². The molecule has 9 heteroatoms. The number of carbonyl (C=O) groups excluding carboxylic acids is 2. The van der Waals surface area contributed by atoms with E-state index in [-0.39, 0.29) is 24.2 Å². The van der Waals surface area contributed by atoms with E-state index < -0.39 is 6.04 Å². The lowest BCUT2D eigenvalue weighted by Crippen LogP contribution is -2.40. The summed E-state index contributed by atoms with van der Waals surface area (Å²) in [4.78, 5) is 26.2. The summed E-state index contributed by atoms with van der Waals surface area (Å²) in [6, 6.07) is 4.31. The van der Waals surface area contributed by atoms with E-state index in [9.17, 15) is 9.59 Å². The number of hydrogen-bond acceptors (Lipinski definition) is 5. The number of ether oxygens (including phenoxy) is 1.